The van der Waals surface area contributed by atoms with Gasteiger partial charge in [0.1, 0.15) is 0 Å². The molecule has 20 heavy (non-hydrogen) atoms. The molecule has 0 fully saturated rings. The van der Waals surface area contributed by atoms with Crippen LogP contribution < -0.4 is 5.32 Å². The predicted molar refractivity (Wildman–Crippen MR) is 86.6 cm³/mol. The molecule has 0 saturated heterocycles. The van der Waals surface area contributed by atoms with Crippen molar-refractivity contribution in [2.75, 3.05) is 6.54 Å². The van der Waals surface area contributed by atoms with Crippen molar-refractivity contribution in [3.05, 3.63) is 56.7 Å². The summed E-state index contributed by atoms with van der Waals surface area (Å²) in [6.45, 7) is 4.78. The Morgan fingerprint density at radius 3 is 2.80 bits per heavy atom. The first kappa shape index (κ1) is 15.5. The molecule has 2 aromatic rings. The highest BCUT2D eigenvalue weighted by atomic mass is 35.5. The number of aliphatic hydroxyl groups excluding tert-OH is 1. The molecule has 0 aliphatic rings. The standard InChI is InChI=1S/C16H20ClNOS/c1-11-6-15(20-10-11)7-12(2)18-9-16(19)13-4-3-5-14(17)8-13/h3-6,8,10,12,16,18-19H,7,9H2,1-2H3/t12-,16+/m1/s1. The molecule has 1 heterocycles. The number of aliphatic hydroxyl groups is 1. The molecule has 108 valence electrons. The molecule has 2 nitrogen and oxygen atoms in total. The highest BCUT2D eigenvalue weighted by molar-refractivity contribution is 7.10. The van der Waals surface area contributed by atoms with Gasteiger partial charge in [0.25, 0.3) is 0 Å². The van der Waals surface area contributed by atoms with Crippen molar-refractivity contribution in [3.63, 3.8) is 0 Å². The van der Waals surface area contributed by atoms with Gasteiger partial charge >= 0.3 is 0 Å². The van der Waals surface area contributed by atoms with Crippen molar-refractivity contribution < 1.29 is 5.11 Å². The van der Waals surface area contributed by atoms with Crippen LogP contribution in [0.2, 0.25) is 5.02 Å². The van der Waals surface area contributed by atoms with Gasteiger partial charge in [0.15, 0.2) is 0 Å². The minimum atomic E-state index is -0.527. The lowest BCUT2D eigenvalue weighted by Gasteiger charge is -2.17. The summed E-state index contributed by atoms with van der Waals surface area (Å²) in [5, 5.41) is 16.3. The quantitative estimate of drug-likeness (QED) is 0.846. The second-order valence-electron chi connectivity index (χ2n) is 5.17. The maximum Gasteiger partial charge on any atom is 0.0914 e. The van der Waals surface area contributed by atoms with Crippen LogP contribution in [0.4, 0.5) is 0 Å². The van der Waals surface area contributed by atoms with E-state index in [0.29, 0.717) is 17.6 Å². The van der Waals surface area contributed by atoms with E-state index in [1.165, 1.54) is 10.4 Å². The first-order valence-corrected chi connectivity index (χ1v) is 8.01. The van der Waals surface area contributed by atoms with Crippen molar-refractivity contribution in [2.24, 2.45) is 0 Å². The number of nitrogens with one attached hydrogen (secondary N) is 1. The minimum absolute atomic E-state index is 0.335. The first-order valence-electron chi connectivity index (χ1n) is 6.75. The van der Waals surface area contributed by atoms with Gasteiger partial charge in [0, 0.05) is 22.5 Å². The normalized spacial score (nSPS) is 14.2. The molecule has 1 aromatic heterocycles. The summed E-state index contributed by atoms with van der Waals surface area (Å²) < 4.78 is 0. The largest absolute Gasteiger partial charge is 0.387 e. The van der Waals surface area contributed by atoms with Crippen molar-refractivity contribution in [1.29, 1.82) is 0 Å². The summed E-state index contributed by atoms with van der Waals surface area (Å²) in [4.78, 5) is 1.37. The van der Waals surface area contributed by atoms with Crippen LogP contribution in [0.1, 0.15) is 29.0 Å². The first-order chi connectivity index (χ1) is 9.54. The monoisotopic (exact) mass is 309 g/mol. The van der Waals surface area contributed by atoms with E-state index in [1.54, 1.807) is 17.4 Å². The second-order valence-corrected chi connectivity index (χ2v) is 6.61. The van der Waals surface area contributed by atoms with Gasteiger partial charge in [-0.05, 0) is 55.0 Å². The zero-order valence-electron chi connectivity index (χ0n) is 11.8. The molecule has 0 spiro atoms. The summed E-state index contributed by atoms with van der Waals surface area (Å²) in [6.07, 6.45) is 0.460. The van der Waals surface area contributed by atoms with Gasteiger partial charge in [0.05, 0.1) is 6.10 Å². The lowest BCUT2D eigenvalue weighted by atomic mass is 10.1. The molecular weight excluding hydrogens is 290 g/mol. The van der Waals surface area contributed by atoms with Gasteiger partial charge in [-0.1, -0.05) is 23.7 Å². The lowest BCUT2D eigenvalue weighted by molar-refractivity contribution is 0.170. The number of rotatable bonds is 6. The van der Waals surface area contributed by atoms with Crippen molar-refractivity contribution in [1.82, 2.24) is 5.32 Å². The van der Waals surface area contributed by atoms with Gasteiger partial charge in [-0.25, -0.2) is 0 Å². The second kappa shape index (κ2) is 7.23. The molecule has 4 heteroatoms. The third-order valence-electron chi connectivity index (χ3n) is 3.19. The van der Waals surface area contributed by atoms with Crippen LogP contribution in [0.25, 0.3) is 0 Å². The summed E-state index contributed by atoms with van der Waals surface area (Å²) >= 11 is 7.72. The van der Waals surface area contributed by atoms with E-state index in [-0.39, 0.29) is 0 Å². The minimum Gasteiger partial charge on any atom is -0.387 e. The number of thiophene rings is 1. The van der Waals surface area contributed by atoms with E-state index in [1.807, 2.05) is 18.2 Å². The molecule has 2 rings (SSSR count). The average molecular weight is 310 g/mol. The van der Waals surface area contributed by atoms with Crippen molar-refractivity contribution in [3.8, 4) is 0 Å². The number of hydrogen-bond acceptors (Lipinski definition) is 3. The molecule has 0 aliphatic carbocycles. The van der Waals surface area contributed by atoms with E-state index in [4.69, 9.17) is 11.6 Å². The fourth-order valence-electron chi connectivity index (χ4n) is 2.12. The summed E-state index contributed by atoms with van der Waals surface area (Å²) in [5.74, 6) is 0. The van der Waals surface area contributed by atoms with Gasteiger partial charge < -0.3 is 10.4 Å². The number of benzene rings is 1. The van der Waals surface area contributed by atoms with Crippen LogP contribution >= 0.6 is 22.9 Å². The van der Waals surface area contributed by atoms with Crippen molar-refractivity contribution >= 4 is 22.9 Å². The lowest BCUT2D eigenvalue weighted by Crippen LogP contribution is -2.31. The molecular formula is C16H20ClNOS. The Labute approximate surface area is 129 Å². The van der Waals surface area contributed by atoms with Crippen LogP contribution in [0.5, 0.6) is 0 Å². The summed E-state index contributed by atoms with van der Waals surface area (Å²) in [6, 6.07) is 9.93. The molecule has 2 atom stereocenters. The number of halogens is 1. The SMILES string of the molecule is Cc1csc(C[C@@H](C)NC[C@H](O)c2cccc(Cl)c2)c1. The maximum absolute atomic E-state index is 10.1. The summed E-state index contributed by atoms with van der Waals surface area (Å²) in [5.41, 5.74) is 2.17. The van der Waals surface area contributed by atoms with Gasteiger partial charge in [0.2, 0.25) is 0 Å². The third kappa shape index (κ3) is 4.60. The van der Waals surface area contributed by atoms with E-state index >= 15 is 0 Å². The smallest absolute Gasteiger partial charge is 0.0914 e. The van der Waals surface area contributed by atoms with Crippen molar-refractivity contribution in [2.45, 2.75) is 32.4 Å². The Hall–Kier alpha value is -0.870. The van der Waals surface area contributed by atoms with Gasteiger partial charge in [-0.3, -0.25) is 0 Å². The molecule has 1 aromatic carbocycles. The molecule has 0 aliphatic heterocycles. The molecule has 0 bridgehead atoms. The van der Waals surface area contributed by atoms with Gasteiger partial charge in [-0.2, -0.15) is 0 Å². The fraction of sp³-hybridized carbons (Fsp3) is 0.375. The van der Waals surface area contributed by atoms with Crippen LogP contribution in [0.15, 0.2) is 35.7 Å². The Bertz CT molecular complexity index is 555. The predicted octanol–water partition coefficient (Wildman–Crippen LogP) is 3.96. The van der Waals surface area contributed by atoms with E-state index in [2.05, 4.69) is 30.6 Å². The number of aryl methyl sites for hydroxylation is 1. The zero-order chi connectivity index (χ0) is 14.5. The highest BCUT2D eigenvalue weighted by Gasteiger charge is 2.10. The Morgan fingerprint density at radius 1 is 1.35 bits per heavy atom. The van der Waals surface area contributed by atoms with Crippen LogP contribution in [0.3, 0.4) is 0 Å². The fourth-order valence-corrected chi connectivity index (χ4v) is 3.32. The van der Waals surface area contributed by atoms with Crippen LogP contribution in [-0.2, 0) is 6.42 Å². The highest BCUT2D eigenvalue weighted by Crippen LogP contribution is 2.18. The molecule has 0 amide bonds. The summed E-state index contributed by atoms with van der Waals surface area (Å²) in [7, 11) is 0. The molecule has 2 N–H and O–H groups in total. The van der Waals surface area contributed by atoms with E-state index < -0.39 is 6.10 Å². The van der Waals surface area contributed by atoms with E-state index in [9.17, 15) is 5.11 Å². The Morgan fingerprint density at radius 2 is 2.15 bits per heavy atom. The molecule has 0 radical (unpaired) electrons. The number of hydrogen-bond donors (Lipinski definition) is 2. The zero-order valence-corrected chi connectivity index (χ0v) is 13.3. The maximum atomic E-state index is 10.1. The third-order valence-corrected chi connectivity index (χ3v) is 4.50. The van der Waals surface area contributed by atoms with Crippen LogP contribution in [-0.4, -0.2) is 17.7 Å². The average Bonchev–Trinajstić information content (AvgIpc) is 2.81. The van der Waals surface area contributed by atoms with Gasteiger partial charge in [-0.15, -0.1) is 11.3 Å². The molecule has 0 unspecified atom stereocenters. The Kier molecular flexibility index (Phi) is 5.61. The Balaban J connectivity index is 1.82. The van der Waals surface area contributed by atoms with Crippen LogP contribution in [0, 0.1) is 6.92 Å². The topological polar surface area (TPSA) is 32.3 Å². The van der Waals surface area contributed by atoms with E-state index in [0.717, 1.165) is 12.0 Å². The molecule has 0 saturated carbocycles.